The molecule has 326 valence electrons. The van der Waals surface area contributed by atoms with Crippen LogP contribution in [0.1, 0.15) is 185 Å². The molecule has 2 heterocycles. The van der Waals surface area contributed by atoms with Crippen LogP contribution in [0.4, 0.5) is 0 Å². The average Bonchev–Trinajstić information content (AvgIpc) is 3.13. The summed E-state index contributed by atoms with van der Waals surface area (Å²) in [4.78, 5) is 50.4. The Kier molecular flexibility index (Phi) is 22.0. The van der Waals surface area contributed by atoms with E-state index in [-0.39, 0.29) is 26.1 Å². The molecule has 1 N–H and O–H groups in total. The molecule has 8 nitrogen and oxygen atoms in total. The first-order valence-electron chi connectivity index (χ1n) is 21.5. The van der Waals surface area contributed by atoms with Gasteiger partial charge in [-0.1, -0.05) is 51.4 Å². The van der Waals surface area contributed by atoms with E-state index in [1.807, 2.05) is 62.3 Å². The van der Waals surface area contributed by atoms with Gasteiger partial charge >= 0.3 is 23.9 Å². The first-order chi connectivity index (χ1) is 26.1. The van der Waals surface area contributed by atoms with E-state index in [0.29, 0.717) is 25.9 Å². The predicted octanol–water partition coefficient (Wildman–Crippen LogP) is 12.5. The molecule has 2 aliphatic heterocycles. The Morgan fingerprint density at radius 2 is 0.839 bits per heavy atom. The fourth-order valence-electron chi connectivity index (χ4n) is 7.29. The van der Waals surface area contributed by atoms with Crippen LogP contribution in [0.25, 0.3) is 0 Å². The minimum absolute atomic E-state index is 0.109. The highest BCUT2D eigenvalue weighted by atomic mass is 32.2. The maximum absolute atomic E-state index is 13.3. The van der Waals surface area contributed by atoms with E-state index >= 15 is 0 Å². The Labute approximate surface area is 358 Å². The Morgan fingerprint density at radius 3 is 1.14 bits per heavy atom. The van der Waals surface area contributed by atoms with E-state index in [2.05, 4.69) is 47.0 Å². The number of unbranched alkanes of at least 4 members (excludes halogenated alkanes) is 4. The van der Waals surface area contributed by atoms with Gasteiger partial charge in [-0.05, 0) is 150 Å². The Morgan fingerprint density at radius 1 is 0.536 bits per heavy atom. The van der Waals surface area contributed by atoms with Crippen LogP contribution in [0.3, 0.4) is 0 Å². The maximum atomic E-state index is 13.3. The highest BCUT2D eigenvalue weighted by molar-refractivity contribution is 8.19. The number of rotatable bonds is 27. The monoisotopic (exact) mass is 862 g/mol. The highest BCUT2D eigenvalue weighted by Crippen LogP contribution is 2.51. The summed E-state index contributed by atoms with van der Waals surface area (Å²) < 4.78 is 17.1. The van der Waals surface area contributed by atoms with E-state index in [9.17, 15) is 24.3 Å². The van der Waals surface area contributed by atoms with E-state index in [1.54, 1.807) is 6.92 Å². The normalized spacial score (nSPS) is 18.2. The third-order valence-corrected chi connectivity index (χ3v) is 18.7. The van der Waals surface area contributed by atoms with Crippen LogP contribution in [0, 0.1) is 21.7 Å². The van der Waals surface area contributed by atoms with E-state index in [0.717, 1.165) is 83.5 Å². The third kappa shape index (κ3) is 17.9. The predicted molar refractivity (Wildman–Crippen MR) is 239 cm³/mol. The first kappa shape index (κ1) is 51.4. The lowest BCUT2D eigenvalue weighted by atomic mass is 9.86. The van der Waals surface area contributed by atoms with Crippen molar-refractivity contribution >= 4 is 70.9 Å². The summed E-state index contributed by atoms with van der Waals surface area (Å²) in [7, 11) is 0. The lowest BCUT2D eigenvalue weighted by Crippen LogP contribution is -2.35. The van der Waals surface area contributed by atoms with Crippen molar-refractivity contribution in [2.75, 3.05) is 29.6 Å². The molecule has 2 rings (SSSR count). The average molecular weight is 863 g/mol. The zero-order valence-electron chi connectivity index (χ0n) is 36.8. The molecule has 1 atom stereocenters. The molecule has 0 aliphatic carbocycles. The van der Waals surface area contributed by atoms with Crippen molar-refractivity contribution in [1.82, 2.24) is 0 Å². The number of hydrogen-bond donors (Lipinski definition) is 1. The molecule has 2 saturated heterocycles. The molecule has 0 spiro atoms. The number of carbonyl (C=O) groups excluding carboxylic acids is 3. The summed E-state index contributed by atoms with van der Waals surface area (Å²) >= 11 is 8.32. The molecule has 56 heavy (non-hydrogen) atoms. The number of carboxylic acids is 1. The number of carbonyl (C=O) groups is 4. The molecule has 0 aromatic carbocycles. The van der Waals surface area contributed by atoms with Crippen LogP contribution in [0.2, 0.25) is 0 Å². The van der Waals surface area contributed by atoms with Crippen LogP contribution in [0.5, 0.6) is 0 Å². The van der Waals surface area contributed by atoms with Gasteiger partial charge in [0.1, 0.15) is 0 Å². The second kappa shape index (κ2) is 23.9. The standard InChI is InChI=1S/C44H78O8S4/c1-11-50-36(47)40(5,6)23-13-17-27-44(55-32-21-33-56-44)29-19-15-25-42(9,10)38(49)52-34(2)51-37(48)41(7,8)24-14-18-28-43(53-30-20-31-54-43)26-16-12-22-39(3,4)35(45)46/h34H,11-33H2,1-10H3,(H,45,46). The molecular weight excluding hydrogens is 785 g/mol. The molecular formula is C44H78O8S4. The molecule has 2 aliphatic rings. The fourth-order valence-corrected chi connectivity index (χ4v) is 14.3. The van der Waals surface area contributed by atoms with Crippen LogP contribution >= 0.6 is 47.0 Å². The Hall–Kier alpha value is -0.720. The van der Waals surface area contributed by atoms with Crippen LogP contribution in [-0.2, 0) is 33.4 Å². The van der Waals surface area contributed by atoms with Crippen molar-refractivity contribution < 1.29 is 38.5 Å². The molecule has 0 amide bonds. The topological polar surface area (TPSA) is 116 Å². The zero-order chi connectivity index (χ0) is 42.1. The van der Waals surface area contributed by atoms with Gasteiger partial charge in [-0.25, -0.2) is 0 Å². The number of hydrogen-bond acceptors (Lipinski definition) is 11. The van der Waals surface area contributed by atoms with Gasteiger partial charge < -0.3 is 19.3 Å². The van der Waals surface area contributed by atoms with Crippen LogP contribution in [0.15, 0.2) is 0 Å². The molecule has 0 radical (unpaired) electrons. The smallest absolute Gasteiger partial charge is 0.314 e. The zero-order valence-corrected chi connectivity index (χ0v) is 40.0. The molecule has 2 fully saturated rings. The van der Waals surface area contributed by atoms with Gasteiger partial charge in [0.05, 0.1) is 36.4 Å². The lowest BCUT2D eigenvalue weighted by Gasteiger charge is -2.37. The van der Waals surface area contributed by atoms with Crippen molar-refractivity contribution in [2.24, 2.45) is 21.7 Å². The molecule has 12 heteroatoms. The fraction of sp³-hybridized carbons (Fsp3) is 0.909. The Bertz CT molecular complexity index is 1220. The molecule has 1 unspecified atom stereocenters. The SMILES string of the molecule is CCOC(=O)C(C)(C)CCCCC1(CCCCC(C)(C)C(=O)OC(C)OC(=O)C(C)(C)CCCCC2(CCCCC(C)(C)C(=O)O)SCCCS2)SCCCS1. The van der Waals surface area contributed by atoms with Crippen molar-refractivity contribution in [1.29, 1.82) is 0 Å². The Balaban J connectivity index is 1.76. The van der Waals surface area contributed by atoms with Crippen LogP contribution in [-0.4, -0.2) is 73.1 Å². The number of ether oxygens (including phenoxy) is 3. The second-order valence-corrected chi connectivity index (χ2v) is 25.1. The largest absolute Gasteiger partial charge is 0.481 e. The van der Waals surface area contributed by atoms with Gasteiger partial charge in [-0.15, -0.1) is 47.0 Å². The summed E-state index contributed by atoms with van der Waals surface area (Å²) in [6.45, 7) is 19.2. The maximum Gasteiger partial charge on any atom is 0.314 e. The van der Waals surface area contributed by atoms with Gasteiger partial charge in [0, 0.05) is 6.92 Å². The minimum atomic E-state index is -0.954. The van der Waals surface area contributed by atoms with Crippen molar-refractivity contribution in [2.45, 2.75) is 199 Å². The van der Waals surface area contributed by atoms with E-state index in [4.69, 9.17) is 14.2 Å². The molecule has 0 aromatic rings. The quantitative estimate of drug-likeness (QED) is 0.0481. The summed E-state index contributed by atoms with van der Waals surface area (Å²) in [6, 6.07) is 0. The summed E-state index contributed by atoms with van der Waals surface area (Å²) in [5.74, 6) is 3.18. The number of esters is 3. The summed E-state index contributed by atoms with van der Waals surface area (Å²) in [6.07, 6.45) is 16.7. The van der Waals surface area contributed by atoms with E-state index < -0.39 is 33.9 Å². The van der Waals surface area contributed by atoms with Gasteiger partial charge in [-0.3, -0.25) is 19.2 Å². The minimum Gasteiger partial charge on any atom is -0.481 e. The lowest BCUT2D eigenvalue weighted by molar-refractivity contribution is -0.197. The summed E-state index contributed by atoms with van der Waals surface area (Å²) in [5.41, 5.74) is -2.52. The number of thioether (sulfide) groups is 4. The van der Waals surface area contributed by atoms with Crippen molar-refractivity contribution in [3.8, 4) is 0 Å². The van der Waals surface area contributed by atoms with Gasteiger partial charge in [0.2, 0.25) is 6.29 Å². The number of aliphatic carboxylic acids is 1. The molecule has 0 bridgehead atoms. The molecule has 0 saturated carbocycles. The second-order valence-electron chi connectivity index (χ2n) is 18.7. The molecule has 0 aromatic heterocycles. The first-order valence-corrected chi connectivity index (χ1v) is 25.4. The highest BCUT2D eigenvalue weighted by Gasteiger charge is 2.38. The van der Waals surface area contributed by atoms with E-state index in [1.165, 1.54) is 35.9 Å². The van der Waals surface area contributed by atoms with Gasteiger partial charge in [0.25, 0.3) is 0 Å². The van der Waals surface area contributed by atoms with Gasteiger partial charge in [-0.2, -0.15) is 0 Å². The van der Waals surface area contributed by atoms with Gasteiger partial charge in [0.15, 0.2) is 0 Å². The third-order valence-electron chi connectivity index (χ3n) is 11.5. The van der Waals surface area contributed by atoms with Crippen LogP contribution < -0.4 is 0 Å². The van der Waals surface area contributed by atoms with Crippen molar-refractivity contribution in [3.05, 3.63) is 0 Å². The summed E-state index contributed by atoms with van der Waals surface area (Å²) in [5, 5.41) is 9.47. The van der Waals surface area contributed by atoms with Crippen molar-refractivity contribution in [3.63, 3.8) is 0 Å². The number of carboxylic acid groups (broad SMARTS) is 1.